The van der Waals surface area contributed by atoms with Gasteiger partial charge in [-0.15, -0.1) is 0 Å². The second-order valence-corrected chi connectivity index (χ2v) is 4.61. The van der Waals surface area contributed by atoms with Crippen molar-refractivity contribution in [3.63, 3.8) is 0 Å². The van der Waals surface area contributed by atoms with Crippen LogP contribution in [0.2, 0.25) is 0 Å². The molecule has 1 heterocycles. The molecule has 1 aromatic heterocycles. The van der Waals surface area contributed by atoms with Gasteiger partial charge in [0.05, 0.1) is 0 Å². The molecule has 1 aromatic rings. The molecule has 1 aliphatic carbocycles. The zero-order valence-electron chi connectivity index (χ0n) is 10.7. The van der Waals surface area contributed by atoms with Gasteiger partial charge >= 0.3 is 0 Å². The van der Waals surface area contributed by atoms with E-state index in [-0.39, 0.29) is 0 Å². The molecule has 0 saturated heterocycles. The maximum absolute atomic E-state index is 5.06. The Kier molecular flexibility index (Phi) is 4.45. The van der Waals surface area contributed by atoms with E-state index >= 15 is 0 Å². The van der Waals surface area contributed by atoms with E-state index in [9.17, 15) is 0 Å². The smallest absolute Gasteiger partial charge is 0.154 e. The van der Waals surface area contributed by atoms with Crippen LogP contribution in [0.1, 0.15) is 30.4 Å². The summed E-state index contributed by atoms with van der Waals surface area (Å²) < 4.78 is 5.06. The largest absolute Gasteiger partial charge is 0.377 e. The quantitative estimate of drug-likeness (QED) is 0.836. The summed E-state index contributed by atoms with van der Waals surface area (Å²) in [5.41, 5.74) is 2.54. The molecule has 1 N–H and O–H groups in total. The molecule has 0 spiro atoms. The average Bonchev–Trinajstić information content (AvgIpc) is 2.36. The van der Waals surface area contributed by atoms with Crippen LogP contribution in [0, 0.1) is 5.92 Å². The molecule has 17 heavy (non-hydrogen) atoms. The highest BCUT2D eigenvalue weighted by atomic mass is 16.5. The summed E-state index contributed by atoms with van der Waals surface area (Å²) in [5.74, 6) is 1.54. The molecule has 1 aliphatic rings. The summed E-state index contributed by atoms with van der Waals surface area (Å²) in [5, 5.41) is 3.42. The molecule has 0 saturated carbocycles. The fraction of sp³-hybridized carbons (Fsp3) is 0.692. The lowest BCUT2D eigenvalue weighted by Crippen LogP contribution is -2.27. The number of aryl methyl sites for hydroxylation is 1. The second kappa shape index (κ2) is 6.07. The normalized spacial score (nSPS) is 19.1. The molecular formula is C13H21N3O. The van der Waals surface area contributed by atoms with E-state index in [0.717, 1.165) is 37.7 Å². The Balaban J connectivity index is 2.01. The van der Waals surface area contributed by atoms with Crippen LogP contribution in [-0.2, 0) is 24.2 Å². The number of ether oxygens (including phenoxy) is 1. The van der Waals surface area contributed by atoms with E-state index in [1.54, 1.807) is 7.11 Å². The molecule has 4 nitrogen and oxygen atoms in total. The Bertz CT molecular complexity index is 368. The van der Waals surface area contributed by atoms with E-state index in [2.05, 4.69) is 22.2 Å². The maximum Gasteiger partial charge on any atom is 0.154 e. The Morgan fingerprint density at radius 2 is 2.41 bits per heavy atom. The molecule has 1 atom stereocenters. The zero-order valence-corrected chi connectivity index (χ0v) is 10.7. The Morgan fingerprint density at radius 1 is 1.53 bits per heavy atom. The molecule has 4 heteroatoms. The van der Waals surface area contributed by atoms with Crippen molar-refractivity contribution in [1.82, 2.24) is 15.3 Å². The summed E-state index contributed by atoms with van der Waals surface area (Å²) in [6.45, 7) is 4.81. The molecular weight excluding hydrogens is 214 g/mol. The molecule has 0 aromatic carbocycles. The fourth-order valence-corrected chi connectivity index (χ4v) is 2.35. The van der Waals surface area contributed by atoms with Crippen LogP contribution < -0.4 is 5.32 Å². The predicted octanol–water partition coefficient (Wildman–Crippen LogP) is 1.34. The molecule has 0 fully saturated rings. The minimum absolute atomic E-state index is 0.508. The van der Waals surface area contributed by atoms with Gasteiger partial charge in [0.25, 0.3) is 0 Å². The van der Waals surface area contributed by atoms with Crippen molar-refractivity contribution in [1.29, 1.82) is 0 Å². The first-order valence-corrected chi connectivity index (χ1v) is 6.36. The van der Waals surface area contributed by atoms with E-state index in [1.165, 1.54) is 17.7 Å². The number of aromatic nitrogens is 2. The van der Waals surface area contributed by atoms with Crippen molar-refractivity contribution in [3.05, 3.63) is 23.3 Å². The molecule has 0 aliphatic heterocycles. The maximum atomic E-state index is 5.06. The third-order valence-electron chi connectivity index (χ3n) is 3.26. The van der Waals surface area contributed by atoms with Crippen molar-refractivity contribution < 1.29 is 4.74 Å². The van der Waals surface area contributed by atoms with Gasteiger partial charge in [0, 0.05) is 19.0 Å². The monoisotopic (exact) mass is 235 g/mol. The van der Waals surface area contributed by atoms with Gasteiger partial charge in [-0.1, -0.05) is 6.92 Å². The van der Waals surface area contributed by atoms with Crippen LogP contribution in [0.25, 0.3) is 0 Å². The lowest BCUT2D eigenvalue weighted by molar-refractivity contribution is 0.177. The highest BCUT2D eigenvalue weighted by molar-refractivity contribution is 5.21. The van der Waals surface area contributed by atoms with Crippen molar-refractivity contribution in [3.8, 4) is 0 Å². The van der Waals surface area contributed by atoms with Crippen molar-refractivity contribution in [2.75, 3.05) is 20.2 Å². The highest BCUT2D eigenvalue weighted by Crippen LogP contribution is 2.23. The van der Waals surface area contributed by atoms with Gasteiger partial charge in [0.1, 0.15) is 6.61 Å². The van der Waals surface area contributed by atoms with Crippen molar-refractivity contribution in [2.24, 2.45) is 5.92 Å². The van der Waals surface area contributed by atoms with Crippen LogP contribution >= 0.6 is 0 Å². The number of fused-ring (bicyclic) bond motifs is 1. The van der Waals surface area contributed by atoms with E-state index in [1.807, 2.05) is 6.20 Å². The minimum atomic E-state index is 0.508. The van der Waals surface area contributed by atoms with Gasteiger partial charge in [-0.3, -0.25) is 0 Å². The fourth-order valence-electron chi connectivity index (χ4n) is 2.35. The molecule has 94 valence electrons. The molecule has 0 radical (unpaired) electrons. The van der Waals surface area contributed by atoms with E-state index in [0.29, 0.717) is 6.61 Å². The van der Waals surface area contributed by atoms with Crippen molar-refractivity contribution >= 4 is 0 Å². The number of methoxy groups -OCH3 is 1. The minimum Gasteiger partial charge on any atom is -0.377 e. The van der Waals surface area contributed by atoms with Gasteiger partial charge in [-0.2, -0.15) is 0 Å². The van der Waals surface area contributed by atoms with Gasteiger partial charge in [-0.05, 0) is 43.8 Å². The third-order valence-corrected chi connectivity index (χ3v) is 3.26. The Labute approximate surface area is 103 Å². The Hall–Kier alpha value is -1.00. The molecule has 2 rings (SSSR count). The number of nitrogens with one attached hydrogen (secondary N) is 1. The lowest BCUT2D eigenvalue weighted by Gasteiger charge is -2.23. The topological polar surface area (TPSA) is 47.0 Å². The third kappa shape index (κ3) is 3.23. The first kappa shape index (κ1) is 12.5. The summed E-state index contributed by atoms with van der Waals surface area (Å²) in [6, 6.07) is 0. The summed E-state index contributed by atoms with van der Waals surface area (Å²) in [6.07, 6.45) is 5.39. The van der Waals surface area contributed by atoms with Crippen LogP contribution in [0.15, 0.2) is 6.20 Å². The van der Waals surface area contributed by atoms with Gasteiger partial charge in [0.15, 0.2) is 5.82 Å². The number of hydrogen-bond donors (Lipinski definition) is 1. The summed E-state index contributed by atoms with van der Waals surface area (Å²) in [4.78, 5) is 8.90. The van der Waals surface area contributed by atoms with E-state index < -0.39 is 0 Å². The van der Waals surface area contributed by atoms with Crippen LogP contribution in [0.4, 0.5) is 0 Å². The highest BCUT2D eigenvalue weighted by Gasteiger charge is 2.19. The lowest BCUT2D eigenvalue weighted by atomic mass is 9.87. The van der Waals surface area contributed by atoms with Gasteiger partial charge in [0.2, 0.25) is 0 Å². The second-order valence-electron chi connectivity index (χ2n) is 4.61. The zero-order chi connectivity index (χ0) is 12.1. The van der Waals surface area contributed by atoms with Gasteiger partial charge in [-0.25, -0.2) is 9.97 Å². The average molecular weight is 235 g/mol. The Morgan fingerprint density at radius 3 is 3.18 bits per heavy atom. The molecule has 0 amide bonds. The SMILES string of the molecule is CCNCC1CCc2nc(COC)ncc2C1. The summed E-state index contributed by atoms with van der Waals surface area (Å²) in [7, 11) is 1.68. The number of nitrogens with zero attached hydrogens (tertiary/aromatic N) is 2. The molecule has 1 unspecified atom stereocenters. The van der Waals surface area contributed by atoms with E-state index in [4.69, 9.17) is 4.74 Å². The first-order chi connectivity index (χ1) is 8.33. The number of hydrogen-bond acceptors (Lipinski definition) is 4. The van der Waals surface area contributed by atoms with Crippen molar-refractivity contribution in [2.45, 2.75) is 32.8 Å². The first-order valence-electron chi connectivity index (χ1n) is 6.36. The van der Waals surface area contributed by atoms with Crippen LogP contribution in [-0.4, -0.2) is 30.2 Å². The van der Waals surface area contributed by atoms with Crippen LogP contribution in [0.5, 0.6) is 0 Å². The van der Waals surface area contributed by atoms with Gasteiger partial charge < -0.3 is 10.1 Å². The van der Waals surface area contributed by atoms with Crippen LogP contribution in [0.3, 0.4) is 0 Å². The molecule has 0 bridgehead atoms. The summed E-state index contributed by atoms with van der Waals surface area (Å²) >= 11 is 0. The predicted molar refractivity (Wildman–Crippen MR) is 66.8 cm³/mol. The number of rotatable bonds is 5. The standard InChI is InChI=1S/C13H21N3O/c1-3-14-7-10-4-5-12-11(6-10)8-15-13(16-12)9-17-2/h8,10,14H,3-7,9H2,1-2H3.